The van der Waals surface area contributed by atoms with Crippen LogP contribution in [0.4, 0.5) is 4.39 Å². The van der Waals surface area contributed by atoms with Crippen molar-refractivity contribution < 1.29 is 14.2 Å². The zero-order valence-corrected chi connectivity index (χ0v) is 8.55. The highest BCUT2D eigenvalue weighted by molar-refractivity contribution is 9.10. The fourth-order valence-electron chi connectivity index (χ4n) is 0.866. The smallest absolute Gasteiger partial charge is 0.128 e. The predicted octanol–water partition coefficient (Wildman–Crippen LogP) is 2.35. The van der Waals surface area contributed by atoms with Gasteiger partial charge >= 0.3 is 0 Å². The first kappa shape index (κ1) is 10.5. The minimum atomic E-state index is -0.339. The van der Waals surface area contributed by atoms with E-state index in [0.29, 0.717) is 23.2 Å². The summed E-state index contributed by atoms with van der Waals surface area (Å²) in [5.41, 5.74) is 0. The van der Waals surface area contributed by atoms with Gasteiger partial charge < -0.3 is 9.84 Å². The van der Waals surface area contributed by atoms with E-state index in [1.807, 2.05) is 0 Å². The number of aliphatic hydroxyl groups excluding tert-OH is 1. The Bertz CT molecular complexity index is 258. The van der Waals surface area contributed by atoms with Crippen LogP contribution in [0.2, 0.25) is 0 Å². The van der Waals surface area contributed by atoms with Crippen molar-refractivity contribution in [1.29, 1.82) is 0 Å². The number of aliphatic hydroxyl groups is 1. The highest BCUT2D eigenvalue weighted by Crippen LogP contribution is 2.20. The second kappa shape index (κ2) is 5.19. The van der Waals surface area contributed by atoms with Crippen molar-refractivity contribution in [2.45, 2.75) is 6.42 Å². The Balaban J connectivity index is 2.56. The molecule has 1 rings (SSSR count). The van der Waals surface area contributed by atoms with E-state index >= 15 is 0 Å². The molecule has 0 fully saturated rings. The summed E-state index contributed by atoms with van der Waals surface area (Å²) in [5, 5.41) is 8.49. The Morgan fingerprint density at radius 3 is 2.77 bits per heavy atom. The van der Waals surface area contributed by atoms with E-state index in [0.717, 1.165) is 0 Å². The maximum Gasteiger partial charge on any atom is 0.128 e. The molecule has 0 radical (unpaired) electrons. The molecule has 1 aromatic carbocycles. The van der Waals surface area contributed by atoms with Crippen molar-refractivity contribution >= 4 is 15.9 Å². The van der Waals surface area contributed by atoms with Crippen LogP contribution in [0.5, 0.6) is 5.75 Å². The summed E-state index contributed by atoms with van der Waals surface area (Å²) < 4.78 is 18.6. The first-order valence-electron chi connectivity index (χ1n) is 3.92. The molecule has 0 amide bonds. The van der Waals surface area contributed by atoms with Crippen LogP contribution >= 0.6 is 15.9 Å². The van der Waals surface area contributed by atoms with E-state index < -0.39 is 0 Å². The van der Waals surface area contributed by atoms with Crippen LogP contribution in [0.1, 0.15) is 6.42 Å². The van der Waals surface area contributed by atoms with E-state index in [1.54, 1.807) is 6.07 Å². The lowest BCUT2D eigenvalue weighted by Crippen LogP contribution is -1.99. The summed E-state index contributed by atoms with van der Waals surface area (Å²) in [6.45, 7) is 0.475. The van der Waals surface area contributed by atoms with Crippen LogP contribution in [0.25, 0.3) is 0 Å². The molecule has 0 aromatic heterocycles. The highest BCUT2D eigenvalue weighted by Gasteiger charge is 1.99. The summed E-state index contributed by atoms with van der Waals surface area (Å²) in [6, 6.07) is 4.35. The molecule has 1 aromatic rings. The Morgan fingerprint density at radius 2 is 2.15 bits per heavy atom. The molecule has 0 aliphatic rings. The highest BCUT2D eigenvalue weighted by atomic mass is 79.9. The maximum absolute atomic E-state index is 12.8. The van der Waals surface area contributed by atoms with Gasteiger partial charge in [0.25, 0.3) is 0 Å². The molecule has 0 aliphatic carbocycles. The molecule has 2 nitrogen and oxygen atoms in total. The number of rotatable bonds is 4. The number of hydrogen-bond acceptors (Lipinski definition) is 2. The molecule has 0 bridgehead atoms. The lowest BCUT2D eigenvalue weighted by Gasteiger charge is -2.05. The molecule has 0 unspecified atom stereocenters. The van der Waals surface area contributed by atoms with Crippen LogP contribution in [-0.4, -0.2) is 18.3 Å². The molecule has 0 saturated carbocycles. The number of hydrogen-bond donors (Lipinski definition) is 1. The lowest BCUT2D eigenvalue weighted by molar-refractivity contribution is 0.233. The molecule has 4 heteroatoms. The lowest BCUT2D eigenvalue weighted by atomic mass is 10.3. The van der Waals surface area contributed by atoms with Gasteiger partial charge in [0.1, 0.15) is 11.6 Å². The van der Waals surface area contributed by atoms with E-state index in [1.165, 1.54) is 12.1 Å². The molecule has 0 saturated heterocycles. The Morgan fingerprint density at radius 1 is 1.38 bits per heavy atom. The summed E-state index contributed by atoms with van der Waals surface area (Å²) in [4.78, 5) is 0. The monoisotopic (exact) mass is 248 g/mol. The van der Waals surface area contributed by atoms with E-state index in [2.05, 4.69) is 15.9 Å². The minimum Gasteiger partial charge on any atom is -0.493 e. The molecule has 0 atom stereocenters. The fraction of sp³-hybridized carbons (Fsp3) is 0.333. The fourth-order valence-corrected chi connectivity index (χ4v) is 1.31. The van der Waals surface area contributed by atoms with E-state index in [9.17, 15) is 4.39 Å². The van der Waals surface area contributed by atoms with Crippen molar-refractivity contribution in [3.63, 3.8) is 0 Å². The topological polar surface area (TPSA) is 29.5 Å². The predicted molar refractivity (Wildman–Crippen MR) is 51.3 cm³/mol. The van der Waals surface area contributed by atoms with E-state index in [4.69, 9.17) is 9.84 Å². The summed E-state index contributed by atoms with van der Waals surface area (Å²) >= 11 is 3.15. The number of benzene rings is 1. The average molecular weight is 249 g/mol. The van der Waals surface area contributed by atoms with Crippen molar-refractivity contribution in [2.24, 2.45) is 0 Å². The molecule has 0 aliphatic heterocycles. The van der Waals surface area contributed by atoms with Gasteiger partial charge in [0.2, 0.25) is 0 Å². The Kier molecular flexibility index (Phi) is 4.18. The standard InChI is InChI=1S/C9H10BrFO2/c10-7-4-8(11)6-9(5-7)13-3-1-2-12/h4-6,12H,1-3H2. The normalized spacial score (nSPS) is 10.1. The van der Waals surface area contributed by atoms with Crippen LogP contribution in [0.15, 0.2) is 22.7 Å². The summed E-state index contributed by atoms with van der Waals surface area (Å²) in [6.07, 6.45) is 0.550. The van der Waals surface area contributed by atoms with Crippen molar-refractivity contribution in [3.8, 4) is 5.75 Å². The van der Waals surface area contributed by atoms with Gasteiger partial charge in [-0.05, 0) is 12.1 Å². The third kappa shape index (κ3) is 3.74. The quantitative estimate of drug-likeness (QED) is 0.830. The largest absolute Gasteiger partial charge is 0.493 e. The first-order chi connectivity index (χ1) is 6.22. The van der Waals surface area contributed by atoms with Crippen LogP contribution < -0.4 is 4.74 Å². The zero-order valence-electron chi connectivity index (χ0n) is 6.96. The van der Waals surface area contributed by atoms with Gasteiger partial charge in [0.15, 0.2) is 0 Å². The third-order valence-electron chi connectivity index (χ3n) is 1.41. The average Bonchev–Trinajstić information content (AvgIpc) is 2.03. The van der Waals surface area contributed by atoms with Gasteiger partial charge in [-0.25, -0.2) is 4.39 Å². The molecule has 72 valence electrons. The van der Waals surface area contributed by atoms with Gasteiger partial charge in [-0.2, -0.15) is 0 Å². The number of halogens is 2. The Hall–Kier alpha value is -0.610. The Labute approximate surface area is 84.5 Å². The van der Waals surface area contributed by atoms with Gasteiger partial charge in [0.05, 0.1) is 6.61 Å². The van der Waals surface area contributed by atoms with Crippen LogP contribution in [0, 0.1) is 5.82 Å². The van der Waals surface area contributed by atoms with Gasteiger partial charge in [-0.3, -0.25) is 0 Å². The first-order valence-corrected chi connectivity index (χ1v) is 4.71. The minimum absolute atomic E-state index is 0.0798. The molecule has 1 N–H and O–H groups in total. The van der Waals surface area contributed by atoms with Gasteiger partial charge in [-0.15, -0.1) is 0 Å². The van der Waals surface area contributed by atoms with Gasteiger partial charge in [0, 0.05) is 23.6 Å². The molecular formula is C9H10BrFO2. The number of ether oxygens (including phenoxy) is 1. The molecule has 0 heterocycles. The van der Waals surface area contributed by atoms with Crippen molar-refractivity contribution in [1.82, 2.24) is 0 Å². The SMILES string of the molecule is OCCCOc1cc(F)cc(Br)c1. The van der Waals surface area contributed by atoms with Crippen molar-refractivity contribution in [2.75, 3.05) is 13.2 Å². The second-order valence-electron chi connectivity index (χ2n) is 2.53. The molecular weight excluding hydrogens is 239 g/mol. The second-order valence-corrected chi connectivity index (χ2v) is 3.45. The third-order valence-corrected chi connectivity index (χ3v) is 1.87. The molecule has 0 spiro atoms. The zero-order chi connectivity index (χ0) is 9.68. The van der Waals surface area contributed by atoms with Crippen LogP contribution in [0.3, 0.4) is 0 Å². The van der Waals surface area contributed by atoms with Crippen molar-refractivity contribution in [3.05, 3.63) is 28.5 Å². The summed E-state index contributed by atoms with van der Waals surface area (Å²) in [5.74, 6) is 0.133. The maximum atomic E-state index is 12.8. The van der Waals surface area contributed by atoms with Gasteiger partial charge in [-0.1, -0.05) is 15.9 Å². The summed E-state index contributed by atoms with van der Waals surface area (Å²) in [7, 11) is 0. The molecule has 13 heavy (non-hydrogen) atoms. The van der Waals surface area contributed by atoms with E-state index in [-0.39, 0.29) is 12.4 Å². The van der Waals surface area contributed by atoms with Crippen LogP contribution in [-0.2, 0) is 0 Å².